The van der Waals surface area contributed by atoms with E-state index in [0.29, 0.717) is 5.57 Å². The molecular formula is C13H9ClN2O6S. The Morgan fingerprint density at radius 3 is 2.39 bits per heavy atom. The molecule has 1 aromatic rings. The lowest BCUT2D eigenvalue weighted by Crippen LogP contribution is -2.11. The molecule has 0 spiro atoms. The van der Waals surface area contributed by atoms with Gasteiger partial charge < -0.3 is 0 Å². The van der Waals surface area contributed by atoms with Crippen LogP contribution in [-0.4, -0.2) is 24.8 Å². The fourth-order valence-electron chi connectivity index (χ4n) is 1.61. The topological polar surface area (TPSA) is 116 Å². The summed E-state index contributed by atoms with van der Waals surface area (Å²) in [5, 5.41) is 13.9. The second-order valence-electron chi connectivity index (χ2n) is 4.44. The van der Waals surface area contributed by atoms with Crippen molar-refractivity contribution in [3.05, 3.63) is 57.1 Å². The SMILES string of the molecule is CC1=CC(=O)C(Cl)=C/C1=N\OS(=O)(=O)c1ccc([N+](=O)[O-])cc1. The van der Waals surface area contributed by atoms with Gasteiger partial charge in [-0.1, -0.05) is 16.8 Å². The van der Waals surface area contributed by atoms with Gasteiger partial charge in [-0.05, 0) is 36.8 Å². The van der Waals surface area contributed by atoms with Crippen molar-refractivity contribution < 1.29 is 22.4 Å². The highest BCUT2D eigenvalue weighted by Crippen LogP contribution is 2.20. The van der Waals surface area contributed by atoms with Crippen molar-refractivity contribution in [3.8, 4) is 0 Å². The molecule has 0 atom stereocenters. The molecule has 23 heavy (non-hydrogen) atoms. The van der Waals surface area contributed by atoms with Crippen molar-refractivity contribution in [1.29, 1.82) is 0 Å². The molecule has 8 nitrogen and oxygen atoms in total. The van der Waals surface area contributed by atoms with E-state index in [0.717, 1.165) is 24.3 Å². The number of nitro groups is 1. The molecule has 0 unspecified atom stereocenters. The second-order valence-corrected chi connectivity index (χ2v) is 6.38. The van der Waals surface area contributed by atoms with Crippen LogP contribution in [0.15, 0.2) is 57.1 Å². The van der Waals surface area contributed by atoms with Crippen LogP contribution in [0.2, 0.25) is 0 Å². The number of carbonyl (C=O) groups is 1. The molecule has 120 valence electrons. The monoisotopic (exact) mass is 356 g/mol. The van der Waals surface area contributed by atoms with Gasteiger partial charge in [0, 0.05) is 12.1 Å². The molecule has 0 aromatic heterocycles. The maximum atomic E-state index is 12.0. The van der Waals surface area contributed by atoms with Gasteiger partial charge in [0.25, 0.3) is 5.69 Å². The normalized spacial score (nSPS) is 16.8. The van der Waals surface area contributed by atoms with Gasteiger partial charge in [0.1, 0.15) is 10.6 Å². The van der Waals surface area contributed by atoms with Crippen molar-refractivity contribution in [3.63, 3.8) is 0 Å². The molecule has 2 rings (SSSR count). The number of nitro benzene ring substituents is 1. The van der Waals surface area contributed by atoms with E-state index in [9.17, 15) is 23.3 Å². The number of non-ortho nitro benzene ring substituents is 1. The van der Waals surface area contributed by atoms with Crippen LogP contribution in [0, 0.1) is 10.1 Å². The summed E-state index contributed by atoms with van der Waals surface area (Å²) in [5.74, 6) is -0.415. The van der Waals surface area contributed by atoms with Crippen LogP contribution in [0.5, 0.6) is 0 Å². The van der Waals surface area contributed by atoms with Crippen LogP contribution >= 0.6 is 11.6 Å². The molecule has 0 bridgehead atoms. The van der Waals surface area contributed by atoms with Gasteiger partial charge in [0.15, 0.2) is 5.78 Å². The average Bonchev–Trinajstić information content (AvgIpc) is 2.49. The number of oxime groups is 1. The van der Waals surface area contributed by atoms with E-state index in [2.05, 4.69) is 9.44 Å². The van der Waals surface area contributed by atoms with Crippen molar-refractivity contribution in [2.24, 2.45) is 5.16 Å². The molecule has 0 N–H and O–H groups in total. The van der Waals surface area contributed by atoms with Crippen molar-refractivity contribution in [1.82, 2.24) is 0 Å². The Balaban J connectivity index is 2.25. The average molecular weight is 357 g/mol. The van der Waals surface area contributed by atoms with Gasteiger partial charge in [-0.15, -0.1) is 0 Å². The summed E-state index contributed by atoms with van der Waals surface area (Å²) in [5.41, 5.74) is 0.216. The third kappa shape index (κ3) is 3.82. The number of carbonyl (C=O) groups excluding carboxylic acids is 1. The molecule has 1 aromatic carbocycles. The fourth-order valence-corrected chi connectivity index (χ4v) is 2.50. The Kier molecular flexibility index (Phi) is 4.62. The van der Waals surface area contributed by atoms with Crippen LogP contribution in [0.1, 0.15) is 6.92 Å². The molecule has 10 heteroatoms. The Labute approximate surface area is 136 Å². The first-order chi connectivity index (χ1) is 10.7. The largest absolute Gasteiger partial charge is 0.358 e. The Hall–Kier alpha value is -2.52. The number of halogens is 1. The van der Waals surface area contributed by atoms with Crippen LogP contribution in [0.25, 0.3) is 0 Å². The molecule has 0 radical (unpaired) electrons. The minimum atomic E-state index is -4.25. The summed E-state index contributed by atoms with van der Waals surface area (Å²) in [7, 11) is -4.25. The molecule has 1 aliphatic carbocycles. The smallest absolute Gasteiger partial charge is 0.288 e. The molecule has 0 fully saturated rings. The number of ketones is 1. The number of hydrogen-bond acceptors (Lipinski definition) is 7. The van der Waals surface area contributed by atoms with Gasteiger partial charge in [0.05, 0.1) is 9.96 Å². The summed E-state index contributed by atoms with van der Waals surface area (Å²) in [4.78, 5) is 20.9. The highest BCUT2D eigenvalue weighted by atomic mass is 35.5. The summed E-state index contributed by atoms with van der Waals surface area (Å²) in [6.45, 7) is 1.54. The molecule has 0 saturated heterocycles. The van der Waals surface area contributed by atoms with E-state index in [-0.39, 0.29) is 21.3 Å². The van der Waals surface area contributed by atoms with E-state index in [1.165, 1.54) is 12.2 Å². The van der Waals surface area contributed by atoms with Crippen LogP contribution in [-0.2, 0) is 19.2 Å². The predicted octanol–water partition coefficient (Wildman–Crippen LogP) is 2.31. The Morgan fingerprint density at radius 2 is 1.83 bits per heavy atom. The standard InChI is InChI=1S/C13H9ClN2O6S/c1-8-6-13(17)11(14)7-12(8)15-22-23(20,21)10-4-2-9(3-5-10)16(18)19/h2-7H,1H3/b15-12+. The lowest BCUT2D eigenvalue weighted by Gasteiger charge is -2.08. The van der Waals surface area contributed by atoms with Gasteiger partial charge in [-0.2, -0.15) is 8.42 Å². The van der Waals surface area contributed by atoms with E-state index in [4.69, 9.17) is 11.6 Å². The third-order valence-electron chi connectivity index (χ3n) is 2.82. The predicted molar refractivity (Wildman–Crippen MR) is 81.5 cm³/mol. The first-order valence-corrected chi connectivity index (χ1v) is 7.85. The van der Waals surface area contributed by atoms with Crippen LogP contribution in [0.3, 0.4) is 0 Å². The van der Waals surface area contributed by atoms with Crippen molar-refractivity contribution >= 4 is 38.9 Å². The number of benzene rings is 1. The zero-order chi connectivity index (χ0) is 17.2. The minimum Gasteiger partial charge on any atom is -0.288 e. The molecule has 0 amide bonds. The van der Waals surface area contributed by atoms with E-state index < -0.39 is 20.8 Å². The van der Waals surface area contributed by atoms with Crippen molar-refractivity contribution in [2.45, 2.75) is 11.8 Å². The molecule has 0 aliphatic heterocycles. The molecule has 0 heterocycles. The van der Waals surface area contributed by atoms with Gasteiger partial charge in [-0.3, -0.25) is 19.2 Å². The van der Waals surface area contributed by atoms with E-state index >= 15 is 0 Å². The summed E-state index contributed by atoms with van der Waals surface area (Å²) in [6, 6.07) is 4.13. The number of hydrogen-bond donors (Lipinski definition) is 0. The highest BCUT2D eigenvalue weighted by molar-refractivity contribution is 7.86. The first kappa shape index (κ1) is 16.8. The van der Waals surface area contributed by atoms with Crippen LogP contribution in [0.4, 0.5) is 5.69 Å². The van der Waals surface area contributed by atoms with Gasteiger partial charge in [0.2, 0.25) is 0 Å². The quantitative estimate of drug-likeness (QED) is 0.464. The fraction of sp³-hybridized carbons (Fsp3) is 0.0769. The Bertz CT molecular complexity index is 868. The Morgan fingerprint density at radius 1 is 1.22 bits per heavy atom. The van der Waals surface area contributed by atoms with Gasteiger partial charge in [-0.25, -0.2) is 0 Å². The minimum absolute atomic E-state index is 0.0834. The summed E-state index contributed by atoms with van der Waals surface area (Å²) in [6.07, 6.45) is 2.38. The number of rotatable bonds is 4. The molecular weight excluding hydrogens is 348 g/mol. The first-order valence-electron chi connectivity index (χ1n) is 6.07. The zero-order valence-corrected chi connectivity index (χ0v) is 13.2. The summed E-state index contributed by atoms with van der Waals surface area (Å²) < 4.78 is 28.5. The lowest BCUT2D eigenvalue weighted by molar-refractivity contribution is -0.384. The third-order valence-corrected chi connectivity index (χ3v) is 4.24. The highest BCUT2D eigenvalue weighted by Gasteiger charge is 2.20. The maximum absolute atomic E-state index is 12.0. The zero-order valence-electron chi connectivity index (χ0n) is 11.6. The lowest BCUT2D eigenvalue weighted by atomic mass is 10.1. The van der Waals surface area contributed by atoms with E-state index in [1.54, 1.807) is 6.92 Å². The number of allylic oxidation sites excluding steroid dienone is 4. The van der Waals surface area contributed by atoms with Crippen LogP contribution < -0.4 is 0 Å². The van der Waals surface area contributed by atoms with E-state index in [1.807, 2.05) is 0 Å². The van der Waals surface area contributed by atoms with Crippen molar-refractivity contribution in [2.75, 3.05) is 0 Å². The number of nitrogens with zero attached hydrogens (tertiary/aromatic N) is 2. The van der Waals surface area contributed by atoms with Gasteiger partial charge >= 0.3 is 10.1 Å². The second kappa shape index (κ2) is 6.31. The molecule has 1 aliphatic rings. The summed E-state index contributed by atoms with van der Waals surface area (Å²) >= 11 is 5.66. The molecule has 0 saturated carbocycles. The maximum Gasteiger partial charge on any atom is 0.358 e.